The minimum Gasteiger partial charge on any atom is -0.491 e. The number of thiophene rings is 1. The molecule has 0 bridgehead atoms. The fraction of sp³-hybridized carbons (Fsp3) is 0.409. The van der Waals surface area contributed by atoms with E-state index in [1.54, 1.807) is 6.20 Å². The van der Waals surface area contributed by atoms with Gasteiger partial charge >= 0.3 is 0 Å². The summed E-state index contributed by atoms with van der Waals surface area (Å²) in [5, 5.41) is 3.47. The predicted molar refractivity (Wildman–Crippen MR) is 125 cm³/mol. The van der Waals surface area contributed by atoms with E-state index >= 15 is 0 Å². The Balaban J connectivity index is 0.00000128. The fourth-order valence-electron chi connectivity index (χ4n) is 4.23. The molecule has 0 atom stereocenters. The maximum Gasteiger partial charge on any atom is 0.128 e. The van der Waals surface area contributed by atoms with E-state index in [1.165, 1.54) is 20.9 Å². The molecule has 2 aliphatic heterocycles. The van der Waals surface area contributed by atoms with Gasteiger partial charge < -0.3 is 19.4 Å². The molecule has 0 saturated carbocycles. The summed E-state index contributed by atoms with van der Waals surface area (Å²) in [6, 6.07) is 10.7. The Hall–Kier alpha value is -1.57. The molecule has 0 amide bonds. The van der Waals surface area contributed by atoms with Crippen LogP contribution in [0.15, 0.2) is 49.1 Å². The van der Waals surface area contributed by atoms with E-state index < -0.39 is 0 Å². The molecule has 30 heavy (non-hydrogen) atoms. The zero-order valence-electron chi connectivity index (χ0n) is 16.7. The number of halogens is 2. The van der Waals surface area contributed by atoms with Crippen LogP contribution in [-0.4, -0.2) is 35.9 Å². The van der Waals surface area contributed by atoms with Crippen LogP contribution in [-0.2, 0) is 23.3 Å². The SMILES string of the molecule is Cl.Cl.c1ccc(-c2cc3c(s2)C2(CCNCC2)OCC3)c(OCCn2ccnc2)c1. The molecular formula is C22H27Cl2N3O2S. The van der Waals surface area contributed by atoms with E-state index in [-0.39, 0.29) is 30.4 Å². The van der Waals surface area contributed by atoms with Gasteiger partial charge in [-0.25, -0.2) is 4.98 Å². The maximum atomic E-state index is 6.35. The van der Waals surface area contributed by atoms with Gasteiger partial charge in [-0.1, -0.05) is 12.1 Å². The Morgan fingerprint density at radius 1 is 1.20 bits per heavy atom. The molecule has 5 rings (SSSR count). The van der Waals surface area contributed by atoms with E-state index in [9.17, 15) is 0 Å². The monoisotopic (exact) mass is 467 g/mol. The summed E-state index contributed by atoms with van der Waals surface area (Å²) < 4.78 is 14.5. The van der Waals surface area contributed by atoms with E-state index in [1.807, 2.05) is 34.5 Å². The molecule has 2 aliphatic rings. The molecule has 4 heterocycles. The number of para-hydroxylation sites is 1. The van der Waals surface area contributed by atoms with Crippen LogP contribution in [0.3, 0.4) is 0 Å². The lowest BCUT2D eigenvalue weighted by atomic mass is 9.86. The van der Waals surface area contributed by atoms with Gasteiger partial charge in [0.2, 0.25) is 0 Å². The third kappa shape index (κ3) is 4.53. The Morgan fingerprint density at radius 3 is 2.83 bits per heavy atom. The number of nitrogens with one attached hydrogen (secondary N) is 1. The number of nitrogens with zero attached hydrogens (tertiary/aromatic N) is 2. The summed E-state index contributed by atoms with van der Waals surface area (Å²) in [5.74, 6) is 0.946. The second-order valence-corrected chi connectivity index (χ2v) is 8.51. The molecule has 1 saturated heterocycles. The van der Waals surface area contributed by atoms with Crippen molar-refractivity contribution < 1.29 is 9.47 Å². The number of rotatable bonds is 5. The first-order valence-electron chi connectivity index (χ1n) is 10.00. The lowest BCUT2D eigenvalue weighted by Gasteiger charge is -2.40. The lowest BCUT2D eigenvalue weighted by molar-refractivity contribution is -0.0771. The number of ether oxygens (including phenoxy) is 2. The maximum absolute atomic E-state index is 6.35. The zero-order chi connectivity index (χ0) is 18.8. The van der Waals surface area contributed by atoms with Crippen LogP contribution < -0.4 is 10.1 Å². The topological polar surface area (TPSA) is 48.3 Å². The van der Waals surface area contributed by atoms with Crippen molar-refractivity contribution >= 4 is 36.2 Å². The van der Waals surface area contributed by atoms with E-state index in [2.05, 4.69) is 34.6 Å². The third-order valence-electron chi connectivity index (χ3n) is 5.70. The van der Waals surface area contributed by atoms with Gasteiger partial charge in [0.25, 0.3) is 0 Å². The average molecular weight is 468 g/mol. The highest BCUT2D eigenvalue weighted by Crippen LogP contribution is 2.47. The van der Waals surface area contributed by atoms with Crippen LogP contribution in [0.25, 0.3) is 10.4 Å². The molecule has 0 radical (unpaired) electrons. The van der Waals surface area contributed by atoms with Crippen LogP contribution in [0, 0.1) is 0 Å². The van der Waals surface area contributed by atoms with E-state index in [0.29, 0.717) is 6.61 Å². The Labute approximate surface area is 193 Å². The summed E-state index contributed by atoms with van der Waals surface area (Å²) in [6.45, 7) is 4.30. The molecule has 8 heteroatoms. The lowest BCUT2D eigenvalue weighted by Crippen LogP contribution is -2.43. The summed E-state index contributed by atoms with van der Waals surface area (Å²) in [5.41, 5.74) is 2.55. The molecule has 3 aromatic rings. The van der Waals surface area contributed by atoms with Gasteiger partial charge in [-0.3, -0.25) is 0 Å². The number of fused-ring (bicyclic) bond motifs is 2. The van der Waals surface area contributed by atoms with Gasteiger partial charge in [0, 0.05) is 27.7 Å². The number of benzene rings is 1. The van der Waals surface area contributed by atoms with Crippen molar-refractivity contribution in [1.82, 2.24) is 14.9 Å². The van der Waals surface area contributed by atoms with Crippen molar-refractivity contribution in [3.05, 3.63) is 59.5 Å². The molecule has 5 nitrogen and oxygen atoms in total. The van der Waals surface area contributed by atoms with Crippen LogP contribution in [0.2, 0.25) is 0 Å². The Bertz CT molecular complexity index is 940. The fourth-order valence-corrected chi connectivity index (χ4v) is 5.67. The largest absolute Gasteiger partial charge is 0.491 e. The van der Waals surface area contributed by atoms with Gasteiger partial charge in [-0.2, -0.15) is 0 Å². The van der Waals surface area contributed by atoms with Crippen molar-refractivity contribution in [3.63, 3.8) is 0 Å². The minimum atomic E-state index is -0.0844. The van der Waals surface area contributed by atoms with Gasteiger partial charge in [-0.15, -0.1) is 36.2 Å². The highest BCUT2D eigenvalue weighted by molar-refractivity contribution is 7.15. The van der Waals surface area contributed by atoms with Crippen molar-refractivity contribution in [2.75, 3.05) is 26.3 Å². The molecule has 1 fully saturated rings. The van der Waals surface area contributed by atoms with Gasteiger partial charge in [0.15, 0.2) is 0 Å². The van der Waals surface area contributed by atoms with Crippen molar-refractivity contribution in [3.8, 4) is 16.2 Å². The minimum absolute atomic E-state index is 0. The zero-order valence-corrected chi connectivity index (χ0v) is 19.2. The van der Waals surface area contributed by atoms with Crippen molar-refractivity contribution in [2.45, 2.75) is 31.4 Å². The highest BCUT2D eigenvalue weighted by atomic mass is 35.5. The molecule has 1 spiro atoms. The Kier molecular flexibility index (Phi) is 7.82. The van der Waals surface area contributed by atoms with Crippen molar-refractivity contribution in [2.24, 2.45) is 0 Å². The first-order valence-corrected chi connectivity index (χ1v) is 10.8. The second-order valence-electron chi connectivity index (χ2n) is 7.45. The summed E-state index contributed by atoms with van der Waals surface area (Å²) in [6.07, 6.45) is 8.70. The molecule has 0 unspecified atom stereocenters. The van der Waals surface area contributed by atoms with Crippen LogP contribution in [0.4, 0.5) is 0 Å². The number of hydrogen-bond acceptors (Lipinski definition) is 5. The first kappa shape index (κ1) is 23.1. The quantitative estimate of drug-likeness (QED) is 0.591. The first-order chi connectivity index (χ1) is 13.8. The Morgan fingerprint density at radius 2 is 2.03 bits per heavy atom. The predicted octanol–water partition coefficient (Wildman–Crippen LogP) is 4.69. The van der Waals surface area contributed by atoms with Crippen LogP contribution in [0.5, 0.6) is 5.75 Å². The van der Waals surface area contributed by atoms with Gasteiger partial charge in [-0.05, 0) is 56.1 Å². The second kappa shape index (κ2) is 10.2. The molecule has 2 aromatic heterocycles. The van der Waals surface area contributed by atoms with Gasteiger partial charge in [0.1, 0.15) is 18.0 Å². The highest BCUT2D eigenvalue weighted by Gasteiger charge is 2.40. The van der Waals surface area contributed by atoms with Crippen LogP contribution >= 0.6 is 36.2 Å². The standard InChI is InChI=1S/C22H25N3O2S.2ClH/c1-2-4-19(26-14-12-25-11-10-24-16-25)18(3-1)20-15-17-5-13-27-22(21(17)28-20)6-8-23-9-7-22;;/h1-4,10-11,15-16,23H,5-9,12-14H2;2*1H. The smallest absolute Gasteiger partial charge is 0.128 e. The summed E-state index contributed by atoms with van der Waals surface area (Å²) >= 11 is 1.89. The number of hydrogen-bond donors (Lipinski definition) is 1. The summed E-state index contributed by atoms with van der Waals surface area (Å²) in [4.78, 5) is 6.80. The average Bonchev–Trinajstić information content (AvgIpc) is 3.40. The molecular weight excluding hydrogens is 441 g/mol. The third-order valence-corrected chi connectivity index (χ3v) is 7.10. The molecule has 162 valence electrons. The van der Waals surface area contributed by atoms with Crippen molar-refractivity contribution in [1.29, 1.82) is 0 Å². The van der Waals surface area contributed by atoms with E-state index in [4.69, 9.17) is 9.47 Å². The van der Waals surface area contributed by atoms with Gasteiger partial charge in [0.05, 0.1) is 19.5 Å². The number of imidazole rings is 1. The summed E-state index contributed by atoms with van der Waals surface area (Å²) in [7, 11) is 0. The molecule has 1 N–H and O–H groups in total. The van der Waals surface area contributed by atoms with Crippen LogP contribution in [0.1, 0.15) is 23.3 Å². The normalized spacial score (nSPS) is 16.9. The molecule has 1 aromatic carbocycles. The molecule has 0 aliphatic carbocycles. The van der Waals surface area contributed by atoms with E-state index in [0.717, 1.165) is 51.3 Å². The number of piperidine rings is 1. The number of aromatic nitrogens is 2.